The summed E-state index contributed by atoms with van der Waals surface area (Å²) in [6, 6.07) is 20.3. The lowest BCUT2D eigenvalue weighted by Gasteiger charge is -2.15. The number of hydrogen-bond donors (Lipinski definition) is 2. The van der Waals surface area contributed by atoms with Crippen LogP contribution in [-0.4, -0.2) is 24.5 Å². The largest absolute Gasteiger partial charge is 0.494 e. The average Bonchev–Trinajstić information content (AvgIpc) is 2.77. The predicted molar refractivity (Wildman–Crippen MR) is 116 cm³/mol. The summed E-state index contributed by atoms with van der Waals surface area (Å²) in [4.78, 5) is 24.5. The molecule has 0 aliphatic rings. The van der Waals surface area contributed by atoms with Gasteiger partial charge in [0.15, 0.2) is 6.10 Å². The van der Waals surface area contributed by atoms with Gasteiger partial charge in [0.2, 0.25) is 0 Å². The molecule has 3 aromatic carbocycles. The van der Waals surface area contributed by atoms with Gasteiger partial charge in [-0.05, 0) is 60.5 Å². The number of benzene rings is 3. The van der Waals surface area contributed by atoms with Crippen LogP contribution < -0.4 is 20.3 Å². The smallest absolute Gasteiger partial charge is 0.279 e. The molecule has 0 saturated carbocycles. The van der Waals surface area contributed by atoms with Crippen molar-refractivity contribution in [3.05, 3.63) is 72.3 Å². The molecular weight excluding hydrogens is 380 g/mol. The molecule has 0 heterocycles. The Morgan fingerprint density at radius 3 is 2.33 bits per heavy atom. The molecule has 0 aliphatic heterocycles. The number of carbonyl (C=O) groups excluding carboxylic acids is 2. The minimum absolute atomic E-state index is 0.415. The Morgan fingerprint density at radius 2 is 1.60 bits per heavy atom. The summed E-state index contributed by atoms with van der Waals surface area (Å²) in [6.07, 6.45) is 1.26. The lowest BCUT2D eigenvalue weighted by atomic mass is 10.1. The van der Waals surface area contributed by atoms with Crippen LogP contribution in [0.1, 0.15) is 37.0 Å². The third-order valence-electron chi connectivity index (χ3n) is 4.59. The van der Waals surface area contributed by atoms with Crippen molar-refractivity contribution < 1.29 is 19.1 Å². The average molecular weight is 406 g/mol. The molecule has 2 N–H and O–H groups in total. The van der Waals surface area contributed by atoms with Crippen LogP contribution in [0.25, 0.3) is 10.8 Å². The molecule has 30 heavy (non-hydrogen) atoms. The van der Waals surface area contributed by atoms with E-state index in [0.29, 0.717) is 23.7 Å². The van der Waals surface area contributed by atoms with Crippen molar-refractivity contribution in [3.63, 3.8) is 0 Å². The van der Waals surface area contributed by atoms with Crippen molar-refractivity contribution in [3.8, 4) is 11.5 Å². The van der Waals surface area contributed by atoms with Crippen LogP contribution >= 0.6 is 0 Å². The Bertz CT molecular complexity index is 1000. The Labute approximate surface area is 176 Å². The summed E-state index contributed by atoms with van der Waals surface area (Å²) in [5, 5.41) is 2.12. The van der Waals surface area contributed by atoms with E-state index in [4.69, 9.17) is 9.47 Å². The zero-order valence-electron chi connectivity index (χ0n) is 17.2. The van der Waals surface area contributed by atoms with Crippen LogP contribution in [0.3, 0.4) is 0 Å². The minimum Gasteiger partial charge on any atom is -0.494 e. The molecule has 0 radical (unpaired) electrons. The molecule has 156 valence electrons. The third kappa shape index (κ3) is 5.73. The van der Waals surface area contributed by atoms with E-state index in [1.54, 1.807) is 31.2 Å². The molecule has 0 bridgehead atoms. The number of amides is 2. The van der Waals surface area contributed by atoms with Crippen LogP contribution in [0.5, 0.6) is 11.5 Å². The zero-order chi connectivity index (χ0) is 21.3. The summed E-state index contributed by atoms with van der Waals surface area (Å²) < 4.78 is 11.3. The number of carbonyl (C=O) groups is 2. The van der Waals surface area contributed by atoms with Gasteiger partial charge in [-0.15, -0.1) is 0 Å². The molecule has 0 aromatic heterocycles. The standard InChI is InChI=1S/C24H26N2O4/c1-3-4-15-29-21-12-10-19(11-13-21)24(28)26-25-23(27)17(2)30-22-14-9-18-7-5-6-8-20(18)16-22/h5-14,16-17H,3-4,15H2,1-2H3,(H,25,27)(H,26,28)/t17-/m0/s1. The van der Waals surface area contributed by atoms with Gasteiger partial charge >= 0.3 is 0 Å². The van der Waals surface area contributed by atoms with Gasteiger partial charge < -0.3 is 9.47 Å². The number of nitrogens with one attached hydrogen (secondary N) is 2. The second-order valence-corrected chi connectivity index (χ2v) is 6.94. The molecule has 0 spiro atoms. The number of hydrogen-bond acceptors (Lipinski definition) is 4. The number of ether oxygens (including phenoxy) is 2. The van der Waals surface area contributed by atoms with Gasteiger partial charge in [0, 0.05) is 5.56 Å². The van der Waals surface area contributed by atoms with Gasteiger partial charge in [0.05, 0.1) is 6.61 Å². The van der Waals surface area contributed by atoms with E-state index >= 15 is 0 Å². The Morgan fingerprint density at radius 1 is 0.900 bits per heavy atom. The lowest BCUT2D eigenvalue weighted by Crippen LogP contribution is -2.47. The maximum Gasteiger partial charge on any atom is 0.279 e. The zero-order valence-corrected chi connectivity index (χ0v) is 17.2. The monoisotopic (exact) mass is 406 g/mol. The van der Waals surface area contributed by atoms with Gasteiger partial charge in [-0.2, -0.15) is 0 Å². The fourth-order valence-electron chi connectivity index (χ4n) is 2.83. The normalized spacial score (nSPS) is 11.5. The van der Waals surface area contributed by atoms with E-state index in [1.807, 2.05) is 42.5 Å². The summed E-state index contributed by atoms with van der Waals surface area (Å²) >= 11 is 0. The fourth-order valence-corrected chi connectivity index (χ4v) is 2.83. The Balaban J connectivity index is 1.49. The van der Waals surface area contributed by atoms with Crippen molar-refractivity contribution in [2.24, 2.45) is 0 Å². The summed E-state index contributed by atoms with van der Waals surface area (Å²) in [7, 11) is 0. The molecule has 0 fully saturated rings. The van der Waals surface area contributed by atoms with Crippen LogP contribution in [0, 0.1) is 0 Å². The number of fused-ring (bicyclic) bond motifs is 1. The molecule has 6 heteroatoms. The predicted octanol–water partition coefficient (Wildman–Crippen LogP) is 4.25. The maximum absolute atomic E-state index is 12.3. The summed E-state index contributed by atoms with van der Waals surface area (Å²) in [5.74, 6) is 0.431. The minimum atomic E-state index is -0.777. The highest BCUT2D eigenvalue weighted by atomic mass is 16.5. The maximum atomic E-state index is 12.3. The highest BCUT2D eigenvalue weighted by Crippen LogP contribution is 2.21. The van der Waals surface area contributed by atoms with E-state index in [2.05, 4.69) is 17.8 Å². The quantitative estimate of drug-likeness (QED) is 0.433. The first-order valence-corrected chi connectivity index (χ1v) is 10.1. The number of unbranched alkanes of at least 4 members (excludes halogenated alkanes) is 1. The first kappa shape index (κ1) is 21.2. The van der Waals surface area contributed by atoms with Crippen LogP contribution in [0.2, 0.25) is 0 Å². The molecule has 1 atom stereocenters. The second-order valence-electron chi connectivity index (χ2n) is 6.94. The van der Waals surface area contributed by atoms with Crippen LogP contribution in [-0.2, 0) is 4.79 Å². The summed E-state index contributed by atoms with van der Waals surface area (Å²) in [5.41, 5.74) is 5.23. The van der Waals surface area contributed by atoms with Gasteiger partial charge in [0.25, 0.3) is 11.8 Å². The molecule has 0 saturated heterocycles. The van der Waals surface area contributed by atoms with Crippen molar-refractivity contribution in [2.75, 3.05) is 6.61 Å². The van der Waals surface area contributed by atoms with Gasteiger partial charge in [-0.3, -0.25) is 20.4 Å². The van der Waals surface area contributed by atoms with Crippen molar-refractivity contribution in [2.45, 2.75) is 32.8 Å². The van der Waals surface area contributed by atoms with Crippen molar-refractivity contribution >= 4 is 22.6 Å². The topological polar surface area (TPSA) is 76.7 Å². The van der Waals surface area contributed by atoms with E-state index in [9.17, 15) is 9.59 Å². The van der Waals surface area contributed by atoms with E-state index in [1.165, 1.54) is 0 Å². The van der Waals surface area contributed by atoms with Crippen molar-refractivity contribution in [1.82, 2.24) is 10.9 Å². The molecule has 3 rings (SSSR count). The molecular formula is C24H26N2O4. The molecule has 3 aromatic rings. The molecule has 0 aliphatic carbocycles. The van der Waals surface area contributed by atoms with E-state index in [-0.39, 0.29) is 0 Å². The fraction of sp³-hybridized carbons (Fsp3) is 0.250. The molecule has 2 amide bonds. The van der Waals surface area contributed by atoms with Gasteiger partial charge in [0.1, 0.15) is 11.5 Å². The second kappa shape index (κ2) is 10.3. The van der Waals surface area contributed by atoms with Crippen LogP contribution in [0.15, 0.2) is 66.7 Å². The summed E-state index contributed by atoms with van der Waals surface area (Å²) in [6.45, 7) is 4.37. The Kier molecular flexibility index (Phi) is 7.27. The lowest BCUT2D eigenvalue weighted by molar-refractivity contribution is -0.128. The first-order chi connectivity index (χ1) is 14.6. The van der Waals surface area contributed by atoms with Crippen LogP contribution in [0.4, 0.5) is 0 Å². The molecule has 6 nitrogen and oxygen atoms in total. The van der Waals surface area contributed by atoms with Gasteiger partial charge in [-0.1, -0.05) is 43.7 Å². The molecule has 0 unspecified atom stereocenters. The van der Waals surface area contributed by atoms with E-state index < -0.39 is 17.9 Å². The third-order valence-corrected chi connectivity index (χ3v) is 4.59. The number of rotatable bonds is 8. The highest BCUT2D eigenvalue weighted by Gasteiger charge is 2.16. The SMILES string of the molecule is CCCCOc1ccc(C(=O)NNC(=O)[C@H](C)Oc2ccc3ccccc3c2)cc1. The van der Waals surface area contributed by atoms with Gasteiger partial charge in [-0.25, -0.2) is 0 Å². The van der Waals surface area contributed by atoms with E-state index in [0.717, 1.165) is 23.6 Å². The Hall–Kier alpha value is -3.54. The first-order valence-electron chi connectivity index (χ1n) is 10.1. The van der Waals surface area contributed by atoms with Crippen molar-refractivity contribution in [1.29, 1.82) is 0 Å². The number of hydrazine groups is 1. The highest BCUT2D eigenvalue weighted by molar-refractivity contribution is 5.95.